The van der Waals surface area contributed by atoms with E-state index in [2.05, 4.69) is 11.0 Å². The first-order valence-corrected chi connectivity index (χ1v) is 9.90. The van der Waals surface area contributed by atoms with Gasteiger partial charge in [-0.3, -0.25) is 9.69 Å². The highest BCUT2D eigenvalue weighted by Crippen LogP contribution is 2.35. The summed E-state index contributed by atoms with van der Waals surface area (Å²) in [7, 11) is 0. The number of carbonyl (C=O) groups excluding carboxylic acids is 1. The minimum absolute atomic E-state index is 0.0292. The SMILES string of the molecule is N#Cc1ccccc1CN1C[C@@H]2C[C@H]1CN2C(=O)c1occc1-c1ccccc1. The maximum atomic E-state index is 13.2. The molecule has 2 fully saturated rings. The van der Waals surface area contributed by atoms with E-state index in [0.717, 1.165) is 41.8 Å². The number of amides is 1. The van der Waals surface area contributed by atoms with Crippen LogP contribution in [0.3, 0.4) is 0 Å². The highest BCUT2D eigenvalue weighted by Gasteiger charge is 2.46. The van der Waals surface area contributed by atoms with Gasteiger partial charge in [0.25, 0.3) is 5.91 Å². The van der Waals surface area contributed by atoms with Crippen molar-refractivity contribution in [1.29, 1.82) is 5.26 Å². The zero-order valence-electron chi connectivity index (χ0n) is 16.0. The van der Waals surface area contributed by atoms with Crippen molar-refractivity contribution in [1.82, 2.24) is 9.80 Å². The molecule has 3 aromatic rings. The van der Waals surface area contributed by atoms with Gasteiger partial charge in [0.05, 0.1) is 17.9 Å². The summed E-state index contributed by atoms with van der Waals surface area (Å²) < 4.78 is 5.61. The number of likely N-dealkylation sites (tertiary alicyclic amines) is 2. The summed E-state index contributed by atoms with van der Waals surface area (Å²) in [6.07, 6.45) is 2.57. The summed E-state index contributed by atoms with van der Waals surface area (Å²) in [5.74, 6) is 0.392. The summed E-state index contributed by atoms with van der Waals surface area (Å²) in [5, 5.41) is 9.33. The predicted octanol–water partition coefficient (Wildman–Crippen LogP) is 3.92. The number of hydrogen-bond acceptors (Lipinski definition) is 4. The number of nitrogens with zero attached hydrogens (tertiary/aromatic N) is 3. The van der Waals surface area contributed by atoms with E-state index >= 15 is 0 Å². The molecule has 2 aliphatic rings. The molecular formula is C24H21N3O2. The van der Waals surface area contributed by atoms with Crippen LogP contribution < -0.4 is 0 Å². The number of carbonyl (C=O) groups is 1. The van der Waals surface area contributed by atoms with Crippen LogP contribution in [0.4, 0.5) is 0 Å². The molecule has 0 saturated carbocycles. The van der Waals surface area contributed by atoms with Crippen LogP contribution in [0.2, 0.25) is 0 Å². The lowest BCUT2D eigenvalue weighted by Crippen LogP contribution is -2.48. The van der Waals surface area contributed by atoms with Crippen molar-refractivity contribution in [3.63, 3.8) is 0 Å². The molecule has 0 aliphatic carbocycles. The fourth-order valence-corrected chi connectivity index (χ4v) is 4.63. The molecule has 1 amide bonds. The average Bonchev–Trinajstić information content (AvgIpc) is 3.50. The fraction of sp³-hybridized carbons (Fsp3) is 0.250. The lowest BCUT2D eigenvalue weighted by molar-refractivity contribution is 0.0586. The van der Waals surface area contributed by atoms with Gasteiger partial charge in [0.1, 0.15) is 0 Å². The van der Waals surface area contributed by atoms with Gasteiger partial charge >= 0.3 is 0 Å². The van der Waals surface area contributed by atoms with Crippen LogP contribution in [0.1, 0.15) is 28.1 Å². The summed E-state index contributed by atoms with van der Waals surface area (Å²) in [6.45, 7) is 2.29. The Balaban J connectivity index is 1.31. The van der Waals surface area contributed by atoms with Gasteiger partial charge in [0.2, 0.25) is 0 Å². The molecule has 1 aromatic heterocycles. The molecule has 2 aromatic carbocycles. The molecule has 0 N–H and O–H groups in total. The minimum atomic E-state index is -0.0292. The second-order valence-corrected chi connectivity index (χ2v) is 7.73. The van der Waals surface area contributed by atoms with Gasteiger partial charge in [0.15, 0.2) is 5.76 Å². The molecule has 0 radical (unpaired) electrons. The van der Waals surface area contributed by atoms with Gasteiger partial charge in [-0.1, -0.05) is 48.5 Å². The molecule has 2 saturated heterocycles. The van der Waals surface area contributed by atoms with Crippen molar-refractivity contribution in [3.8, 4) is 17.2 Å². The summed E-state index contributed by atoms with van der Waals surface area (Å²) in [4.78, 5) is 17.6. The second kappa shape index (κ2) is 7.23. The predicted molar refractivity (Wildman–Crippen MR) is 109 cm³/mol. The van der Waals surface area contributed by atoms with Crippen LogP contribution >= 0.6 is 0 Å². The summed E-state index contributed by atoms with van der Waals surface area (Å²) in [6, 6.07) is 22.3. The Kier molecular flexibility index (Phi) is 4.42. The van der Waals surface area contributed by atoms with Crippen LogP contribution in [0.15, 0.2) is 71.3 Å². The van der Waals surface area contributed by atoms with Gasteiger partial charge in [-0.05, 0) is 29.7 Å². The van der Waals surface area contributed by atoms with E-state index in [-0.39, 0.29) is 11.9 Å². The van der Waals surface area contributed by atoms with Gasteiger partial charge < -0.3 is 9.32 Å². The van der Waals surface area contributed by atoms with E-state index in [1.54, 1.807) is 6.26 Å². The lowest BCUT2D eigenvalue weighted by atomic mass is 10.1. The van der Waals surface area contributed by atoms with Crippen LogP contribution in [0.25, 0.3) is 11.1 Å². The lowest BCUT2D eigenvalue weighted by Gasteiger charge is -2.34. The van der Waals surface area contributed by atoms with Crippen molar-refractivity contribution in [2.75, 3.05) is 13.1 Å². The Labute approximate surface area is 169 Å². The topological polar surface area (TPSA) is 60.5 Å². The van der Waals surface area contributed by atoms with Crippen molar-refractivity contribution < 1.29 is 9.21 Å². The molecule has 2 aliphatic heterocycles. The van der Waals surface area contributed by atoms with Gasteiger partial charge in [-0.25, -0.2) is 0 Å². The van der Waals surface area contributed by atoms with Gasteiger partial charge in [-0.15, -0.1) is 0 Å². The number of fused-ring (bicyclic) bond motifs is 2. The zero-order chi connectivity index (χ0) is 19.8. The summed E-state index contributed by atoms with van der Waals surface area (Å²) >= 11 is 0. The first-order chi connectivity index (χ1) is 14.2. The summed E-state index contributed by atoms with van der Waals surface area (Å²) in [5.41, 5.74) is 3.62. The number of piperazine rings is 1. The molecule has 2 atom stereocenters. The highest BCUT2D eigenvalue weighted by molar-refractivity contribution is 5.98. The number of furan rings is 1. The maximum Gasteiger partial charge on any atom is 0.290 e. The smallest absolute Gasteiger partial charge is 0.290 e. The molecule has 5 rings (SSSR count). The Morgan fingerprint density at radius 2 is 1.83 bits per heavy atom. The fourth-order valence-electron chi connectivity index (χ4n) is 4.63. The van der Waals surface area contributed by atoms with Crippen molar-refractivity contribution in [3.05, 3.63) is 83.8 Å². The maximum absolute atomic E-state index is 13.2. The molecular weight excluding hydrogens is 362 g/mol. The van der Waals surface area contributed by atoms with Crippen LogP contribution in [0.5, 0.6) is 0 Å². The molecule has 0 spiro atoms. The monoisotopic (exact) mass is 383 g/mol. The zero-order valence-corrected chi connectivity index (χ0v) is 16.0. The van der Waals surface area contributed by atoms with E-state index < -0.39 is 0 Å². The number of rotatable bonds is 4. The van der Waals surface area contributed by atoms with Crippen molar-refractivity contribution in [2.45, 2.75) is 25.0 Å². The van der Waals surface area contributed by atoms with E-state index in [9.17, 15) is 10.1 Å². The van der Waals surface area contributed by atoms with Crippen LogP contribution in [0, 0.1) is 11.3 Å². The van der Waals surface area contributed by atoms with Crippen molar-refractivity contribution in [2.24, 2.45) is 0 Å². The first kappa shape index (κ1) is 17.7. The molecule has 29 heavy (non-hydrogen) atoms. The number of hydrogen-bond donors (Lipinski definition) is 0. The Morgan fingerprint density at radius 1 is 1.03 bits per heavy atom. The Bertz CT molecular complexity index is 1080. The third-order valence-corrected chi connectivity index (χ3v) is 6.07. The number of nitriles is 1. The molecule has 0 unspecified atom stereocenters. The number of benzene rings is 2. The van der Waals surface area contributed by atoms with E-state index in [0.29, 0.717) is 18.3 Å². The molecule has 5 heteroatoms. The van der Waals surface area contributed by atoms with Crippen LogP contribution in [-0.4, -0.2) is 40.9 Å². The highest BCUT2D eigenvalue weighted by atomic mass is 16.3. The first-order valence-electron chi connectivity index (χ1n) is 9.90. The standard InChI is InChI=1S/C24H21N3O2/c25-13-18-8-4-5-9-19(18)14-26-15-21-12-20(26)16-27(21)24(28)23-22(10-11-29-23)17-6-2-1-3-7-17/h1-11,20-21H,12,14-16H2/t20-,21-/m0/s1. The molecule has 3 heterocycles. The molecule has 2 bridgehead atoms. The largest absolute Gasteiger partial charge is 0.459 e. The average molecular weight is 383 g/mol. The van der Waals surface area contributed by atoms with Crippen molar-refractivity contribution >= 4 is 5.91 Å². The second-order valence-electron chi connectivity index (χ2n) is 7.73. The molecule has 144 valence electrons. The molecule has 5 nitrogen and oxygen atoms in total. The van der Waals surface area contributed by atoms with E-state index in [1.165, 1.54) is 0 Å². The third kappa shape index (κ3) is 3.12. The Hall–Kier alpha value is -3.36. The van der Waals surface area contributed by atoms with E-state index in [1.807, 2.05) is 65.6 Å². The minimum Gasteiger partial charge on any atom is -0.459 e. The Morgan fingerprint density at radius 3 is 2.59 bits per heavy atom. The normalized spacial score (nSPS) is 20.7. The van der Waals surface area contributed by atoms with Gasteiger partial charge in [0, 0.05) is 37.3 Å². The third-order valence-electron chi connectivity index (χ3n) is 6.07. The van der Waals surface area contributed by atoms with E-state index in [4.69, 9.17) is 4.42 Å². The van der Waals surface area contributed by atoms with Gasteiger partial charge in [-0.2, -0.15) is 5.26 Å². The van der Waals surface area contributed by atoms with Crippen LogP contribution in [-0.2, 0) is 6.54 Å². The quantitative estimate of drug-likeness (QED) is 0.685.